The van der Waals surface area contributed by atoms with Crippen LogP contribution in [0.4, 0.5) is 5.69 Å². The SMILES string of the molecule is C[C@@H]1CCCN(c2ccc([C@H](C)NC(=O)c3ccccc3SCc3ccccc3)cc2)C1. The molecule has 0 spiro atoms. The first-order valence-electron chi connectivity index (χ1n) is 11.5. The second-order valence-electron chi connectivity index (χ2n) is 8.75. The molecule has 3 nitrogen and oxygen atoms in total. The van der Waals surface area contributed by atoms with Gasteiger partial charge in [0, 0.05) is 29.4 Å². The molecular formula is C28H32N2OS. The Bertz CT molecular complexity index is 1020. The molecule has 1 N–H and O–H groups in total. The van der Waals surface area contributed by atoms with Crippen LogP contribution in [0.2, 0.25) is 0 Å². The third-order valence-electron chi connectivity index (χ3n) is 6.13. The second-order valence-corrected chi connectivity index (χ2v) is 9.77. The van der Waals surface area contributed by atoms with E-state index in [9.17, 15) is 4.79 Å². The summed E-state index contributed by atoms with van der Waals surface area (Å²) in [5.74, 6) is 1.57. The van der Waals surface area contributed by atoms with Gasteiger partial charge in [0.05, 0.1) is 11.6 Å². The Hall–Kier alpha value is -2.72. The summed E-state index contributed by atoms with van der Waals surface area (Å²) in [5, 5.41) is 3.19. The number of nitrogens with one attached hydrogen (secondary N) is 1. The number of anilines is 1. The summed E-state index contributed by atoms with van der Waals surface area (Å²) < 4.78 is 0. The number of rotatable bonds is 7. The number of piperidine rings is 1. The highest BCUT2D eigenvalue weighted by molar-refractivity contribution is 7.98. The number of carbonyl (C=O) groups excluding carboxylic acids is 1. The molecule has 0 saturated carbocycles. The zero-order chi connectivity index (χ0) is 22.3. The topological polar surface area (TPSA) is 32.3 Å². The highest BCUT2D eigenvalue weighted by atomic mass is 32.2. The highest BCUT2D eigenvalue weighted by Crippen LogP contribution is 2.28. The third-order valence-corrected chi connectivity index (χ3v) is 7.28. The summed E-state index contributed by atoms with van der Waals surface area (Å²) in [6, 6.07) is 26.9. The average molecular weight is 445 g/mol. The minimum Gasteiger partial charge on any atom is -0.371 e. The molecule has 0 radical (unpaired) electrons. The van der Waals surface area contributed by atoms with Gasteiger partial charge in [-0.15, -0.1) is 11.8 Å². The fraction of sp³-hybridized carbons (Fsp3) is 0.321. The van der Waals surface area contributed by atoms with E-state index in [1.54, 1.807) is 11.8 Å². The normalized spacial score (nSPS) is 17.1. The molecule has 0 bridgehead atoms. The predicted molar refractivity (Wildman–Crippen MR) is 135 cm³/mol. The zero-order valence-corrected chi connectivity index (χ0v) is 19.8. The van der Waals surface area contributed by atoms with Gasteiger partial charge in [-0.3, -0.25) is 4.79 Å². The summed E-state index contributed by atoms with van der Waals surface area (Å²) in [6.07, 6.45) is 2.58. The Labute approximate surface area is 196 Å². The van der Waals surface area contributed by atoms with E-state index < -0.39 is 0 Å². The summed E-state index contributed by atoms with van der Waals surface area (Å²) in [7, 11) is 0. The molecule has 0 unspecified atom stereocenters. The lowest BCUT2D eigenvalue weighted by Crippen LogP contribution is -2.34. The maximum atomic E-state index is 13.1. The van der Waals surface area contributed by atoms with Crippen LogP contribution in [0, 0.1) is 5.92 Å². The van der Waals surface area contributed by atoms with Crippen molar-refractivity contribution in [3.8, 4) is 0 Å². The fourth-order valence-electron chi connectivity index (χ4n) is 4.27. The van der Waals surface area contributed by atoms with Crippen LogP contribution in [0.1, 0.15) is 54.2 Å². The largest absolute Gasteiger partial charge is 0.371 e. The van der Waals surface area contributed by atoms with E-state index in [1.165, 1.54) is 24.1 Å². The standard InChI is InChI=1S/C28H32N2OS/c1-21-9-8-18-30(19-21)25-16-14-24(15-17-25)22(2)29-28(31)26-12-6-7-13-27(26)32-20-23-10-4-3-5-11-23/h3-7,10-17,21-22H,8-9,18-20H2,1-2H3,(H,29,31)/t21-,22+/m1/s1. The molecule has 32 heavy (non-hydrogen) atoms. The van der Waals surface area contributed by atoms with Gasteiger partial charge >= 0.3 is 0 Å². The first kappa shape index (κ1) is 22.5. The van der Waals surface area contributed by atoms with E-state index in [4.69, 9.17) is 0 Å². The van der Waals surface area contributed by atoms with Crippen molar-refractivity contribution in [3.63, 3.8) is 0 Å². The Kier molecular flexibility index (Phi) is 7.54. The highest BCUT2D eigenvalue weighted by Gasteiger charge is 2.18. The van der Waals surface area contributed by atoms with Crippen molar-refractivity contribution in [2.75, 3.05) is 18.0 Å². The second kappa shape index (κ2) is 10.7. The number of thioether (sulfide) groups is 1. The lowest BCUT2D eigenvalue weighted by Gasteiger charge is -2.33. The monoisotopic (exact) mass is 444 g/mol. The van der Waals surface area contributed by atoms with Crippen molar-refractivity contribution in [3.05, 3.63) is 95.6 Å². The van der Waals surface area contributed by atoms with E-state index in [1.807, 2.05) is 42.5 Å². The van der Waals surface area contributed by atoms with Gasteiger partial charge in [0.25, 0.3) is 5.91 Å². The van der Waals surface area contributed by atoms with Crippen LogP contribution in [0.25, 0.3) is 0 Å². The maximum absolute atomic E-state index is 13.1. The predicted octanol–water partition coefficient (Wildman–Crippen LogP) is 6.71. The van der Waals surface area contributed by atoms with E-state index >= 15 is 0 Å². The van der Waals surface area contributed by atoms with E-state index in [-0.39, 0.29) is 11.9 Å². The van der Waals surface area contributed by atoms with E-state index in [0.29, 0.717) is 0 Å². The van der Waals surface area contributed by atoms with Gasteiger partial charge in [0.15, 0.2) is 0 Å². The average Bonchev–Trinajstić information content (AvgIpc) is 2.83. The van der Waals surface area contributed by atoms with Crippen LogP contribution >= 0.6 is 11.8 Å². The van der Waals surface area contributed by atoms with Crippen LogP contribution < -0.4 is 10.2 Å². The Balaban J connectivity index is 1.39. The van der Waals surface area contributed by atoms with Crippen molar-refractivity contribution >= 4 is 23.4 Å². The van der Waals surface area contributed by atoms with Crippen LogP contribution in [-0.2, 0) is 5.75 Å². The molecule has 1 aliphatic rings. The number of amides is 1. The summed E-state index contributed by atoms with van der Waals surface area (Å²) in [6.45, 7) is 6.64. The molecule has 4 rings (SSSR count). The van der Waals surface area contributed by atoms with Crippen molar-refractivity contribution in [2.45, 2.75) is 43.4 Å². The zero-order valence-electron chi connectivity index (χ0n) is 19.0. The quantitative estimate of drug-likeness (QED) is 0.411. The Morgan fingerprint density at radius 1 is 1.03 bits per heavy atom. The Morgan fingerprint density at radius 2 is 1.75 bits per heavy atom. The summed E-state index contributed by atoms with van der Waals surface area (Å²) in [4.78, 5) is 16.6. The van der Waals surface area contributed by atoms with Crippen molar-refractivity contribution in [1.29, 1.82) is 0 Å². The third kappa shape index (κ3) is 5.74. The van der Waals surface area contributed by atoms with Crippen molar-refractivity contribution < 1.29 is 4.79 Å². The van der Waals surface area contributed by atoms with Crippen molar-refractivity contribution in [1.82, 2.24) is 5.32 Å². The molecule has 1 amide bonds. The lowest BCUT2D eigenvalue weighted by molar-refractivity contribution is 0.0937. The van der Waals surface area contributed by atoms with Crippen LogP contribution in [0.15, 0.2) is 83.8 Å². The molecular weight excluding hydrogens is 412 g/mol. The number of hydrogen-bond acceptors (Lipinski definition) is 3. The van der Waals surface area contributed by atoms with E-state index in [0.717, 1.165) is 40.8 Å². The number of carbonyl (C=O) groups is 1. The minimum atomic E-state index is -0.0518. The maximum Gasteiger partial charge on any atom is 0.252 e. The molecule has 3 aromatic rings. The summed E-state index contributed by atoms with van der Waals surface area (Å²) >= 11 is 1.70. The molecule has 1 fully saturated rings. The molecule has 2 atom stereocenters. The molecule has 0 aromatic heterocycles. The van der Waals surface area contributed by atoms with Gasteiger partial charge in [0.1, 0.15) is 0 Å². The molecule has 1 saturated heterocycles. The van der Waals surface area contributed by atoms with Gasteiger partial charge in [-0.25, -0.2) is 0 Å². The number of benzene rings is 3. The van der Waals surface area contributed by atoms with Gasteiger partial charge in [-0.1, -0.05) is 61.5 Å². The fourth-order valence-corrected chi connectivity index (χ4v) is 5.28. The molecule has 1 aliphatic heterocycles. The molecule has 166 valence electrons. The number of hydrogen-bond donors (Lipinski definition) is 1. The van der Waals surface area contributed by atoms with E-state index in [2.05, 4.69) is 60.5 Å². The van der Waals surface area contributed by atoms with Gasteiger partial charge in [-0.05, 0) is 61.1 Å². The van der Waals surface area contributed by atoms with Crippen LogP contribution in [-0.4, -0.2) is 19.0 Å². The Morgan fingerprint density at radius 3 is 2.50 bits per heavy atom. The first-order valence-corrected chi connectivity index (χ1v) is 12.5. The van der Waals surface area contributed by atoms with Gasteiger partial charge < -0.3 is 10.2 Å². The minimum absolute atomic E-state index is 0.0254. The molecule has 1 heterocycles. The molecule has 3 aromatic carbocycles. The van der Waals surface area contributed by atoms with Crippen LogP contribution in [0.5, 0.6) is 0 Å². The van der Waals surface area contributed by atoms with Gasteiger partial charge in [-0.2, -0.15) is 0 Å². The number of nitrogens with zero attached hydrogens (tertiary/aromatic N) is 1. The van der Waals surface area contributed by atoms with Crippen LogP contribution in [0.3, 0.4) is 0 Å². The smallest absolute Gasteiger partial charge is 0.252 e. The van der Waals surface area contributed by atoms with Gasteiger partial charge in [0.2, 0.25) is 0 Å². The summed E-state index contributed by atoms with van der Waals surface area (Å²) in [5.41, 5.74) is 4.39. The lowest BCUT2D eigenvalue weighted by atomic mass is 9.99. The molecule has 0 aliphatic carbocycles. The first-order chi connectivity index (χ1) is 15.6. The van der Waals surface area contributed by atoms with Crippen molar-refractivity contribution in [2.24, 2.45) is 5.92 Å². The molecule has 4 heteroatoms.